The van der Waals surface area contributed by atoms with Gasteiger partial charge in [0, 0.05) is 31.2 Å². The van der Waals surface area contributed by atoms with Crippen molar-refractivity contribution in [1.29, 1.82) is 0 Å². The quantitative estimate of drug-likeness (QED) is 0.719. The largest absolute Gasteiger partial charge is 0.382 e. The average molecular weight is 234 g/mol. The van der Waals surface area contributed by atoms with Crippen LogP contribution >= 0.6 is 0 Å². The normalized spacial score (nSPS) is 10.2. The monoisotopic (exact) mass is 234 g/mol. The number of hydrogen-bond donors (Lipinski definition) is 3. The van der Waals surface area contributed by atoms with Crippen molar-refractivity contribution in [2.45, 2.75) is 6.54 Å². The van der Waals surface area contributed by atoms with E-state index in [2.05, 4.69) is 20.6 Å². The van der Waals surface area contributed by atoms with Gasteiger partial charge in [-0.1, -0.05) is 12.1 Å². The van der Waals surface area contributed by atoms with Gasteiger partial charge in [0.15, 0.2) is 5.95 Å². The Hall–Kier alpha value is -2.04. The van der Waals surface area contributed by atoms with Crippen LogP contribution in [0, 0.1) is 0 Å². The Bertz CT molecular complexity index is 442. The van der Waals surface area contributed by atoms with Gasteiger partial charge >= 0.3 is 0 Å². The molecule has 5 heteroatoms. The van der Waals surface area contributed by atoms with Gasteiger partial charge in [-0.25, -0.2) is 9.37 Å². The van der Waals surface area contributed by atoms with Crippen molar-refractivity contribution < 1.29 is 4.39 Å². The zero-order chi connectivity index (χ0) is 11.9. The summed E-state index contributed by atoms with van der Waals surface area (Å²) in [6.45, 7) is 0.655. The molecule has 2 rings (SSSR count). The number of halogens is 1. The van der Waals surface area contributed by atoms with E-state index in [-0.39, 0.29) is 6.67 Å². The SMILES string of the molecule is FCCNc1cccc(CNc2ncc[nH]2)c1. The van der Waals surface area contributed by atoms with Gasteiger partial charge in [-0.15, -0.1) is 0 Å². The molecule has 0 radical (unpaired) electrons. The molecule has 0 bridgehead atoms. The summed E-state index contributed by atoms with van der Waals surface area (Å²) < 4.78 is 12.0. The summed E-state index contributed by atoms with van der Waals surface area (Å²) in [5, 5.41) is 6.16. The molecule has 1 aromatic heterocycles. The highest BCUT2D eigenvalue weighted by atomic mass is 19.1. The molecule has 0 aliphatic rings. The van der Waals surface area contributed by atoms with E-state index in [1.165, 1.54) is 0 Å². The smallest absolute Gasteiger partial charge is 0.200 e. The lowest BCUT2D eigenvalue weighted by Crippen LogP contribution is -2.05. The van der Waals surface area contributed by atoms with Gasteiger partial charge < -0.3 is 15.6 Å². The van der Waals surface area contributed by atoms with Crippen molar-refractivity contribution >= 4 is 11.6 Å². The molecule has 3 N–H and O–H groups in total. The van der Waals surface area contributed by atoms with E-state index in [9.17, 15) is 4.39 Å². The van der Waals surface area contributed by atoms with Gasteiger partial charge in [0.2, 0.25) is 0 Å². The van der Waals surface area contributed by atoms with Crippen molar-refractivity contribution in [3.63, 3.8) is 0 Å². The number of nitrogens with zero attached hydrogens (tertiary/aromatic N) is 1. The summed E-state index contributed by atoms with van der Waals surface area (Å²) >= 11 is 0. The molecule has 1 heterocycles. The predicted octanol–water partition coefficient (Wildman–Crippen LogP) is 2.40. The van der Waals surface area contributed by atoms with Crippen LogP contribution in [0.25, 0.3) is 0 Å². The summed E-state index contributed by atoms with van der Waals surface area (Å²) in [6, 6.07) is 7.87. The Morgan fingerprint density at radius 1 is 1.29 bits per heavy atom. The maximum Gasteiger partial charge on any atom is 0.200 e. The van der Waals surface area contributed by atoms with Crippen LogP contribution in [0.4, 0.5) is 16.0 Å². The van der Waals surface area contributed by atoms with Crippen molar-refractivity contribution in [3.8, 4) is 0 Å². The summed E-state index contributed by atoms with van der Waals surface area (Å²) in [5.74, 6) is 0.743. The van der Waals surface area contributed by atoms with Gasteiger partial charge in [0.25, 0.3) is 0 Å². The average Bonchev–Trinajstić information content (AvgIpc) is 2.87. The molecule has 0 aliphatic carbocycles. The molecule has 17 heavy (non-hydrogen) atoms. The van der Waals surface area contributed by atoms with Crippen LogP contribution in [-0.2, 0) is 6.54 Å². The fourth-order valence-corrected chi connectivity index (χ4v) is 1.53. The van der Waals surface area contributed by atoms with E-state index in [0.29, 0.717) is 13.1 Å². The lowest BCUT2D eigenvalue weighted by atomic mass is 10.2. The number of hydrogen-bond acceptors (Lipinski definition) is 3. The lowest BCUT2D eigenvalue weighted by Gasteiger charge is -2.07. The van der Waals surface area contributed by atoms with Crippen LogP contribution in [0.15, 0.2) is 36.7 Å². The lowest BCUT2D eigenvalue weighted by molar-refractivity contribution is 0.513. The molecular formula is C12H15FN4. The topological polar surface area (TPSA) is 52.7 Å². The van der Waals surface area contributed by atoms with Crippen molar-refractivity contribution in [3.05, 3.63) is 42.2 Å². The number of rotatable bonds is 6. The summed E-state index contributed by atoms with van der Waals surface area (Å²) in [4.78, 5) is 7.04. The Labute approximate surface area is 99.3 Å². The second-order valence-electron chi connectivity index (χ2n) is 3.61. The Morgan fingerprint density at radius 2 is 2.24 bits per heavy atom. The second-order valence-corrected chi connectivity index (χ2v) is 3.61. The number of benzene rings is 1. The van der Waals surface area contributed by atoms with Gasteiger partial charge in [-0.3, -0.25) is 0 Å². The first-order valence-electron chi connectivity index (χ1n) is 5.50. The molecule has 90 valence electrons. The number of anilines is 2. The number of alkyl halides is 1. The van der Waals surface area contributed by atoms with Gasteiger partial charge in [-0.05, 0) is 17.7 Å². The number of nitrogens with one attached hydrogen (secondary N) is 3. The highest BCUT2D eigenvalue weighted by Crippen LogP contribution is 2.11. The fraction of sp³-hybridized carbons (Fsp3) is 0.250. The zero-order valence-electron chi connectivity index (χ0n) is 9.41. The minimum atomic E-state index is -0.366. The van der Waals surface area contributed by atoms with E-state index in [4.69, 9.17) is 0 Å². The van der Waals surface area contributed by atoms with Crippen molar-refractivity contribution in [1.82, 2.24) is 9.97 Å². The molecule has 2 aromatic rings. The van der Waals surface area contributed by atoms with E-state index in [1.807, 2.05) is 24.3 Å². The summed E-state index contributed by atoms with van der Waals surface area (Å²) in [6.07, 6.45) is 3.46. The van der Waals surface area contributed by atoms with Crippen LogP contribution in [0.2, 0.25) is 0 Å². The molecular weight excluding hydrogens is 219 g/mol. The van der Waals surface area contributed by atoms with Crippen LogP contribution < -0.4 is 10.6 Å². The third-order valence-electron chi connectivity index (χ3n) is 2.31. The highest BCUT2D eigenvalue weighted by Gasteiger charge is 1.97. The molecule has 1 aromatic carbocycles. The van der Waals surface area contributed by atoms with E-state index in [0.717, 1.165) is 17.2 Å². The minimum absolute atomic E-state index is 0.342. The number of aromatic nitrogens is 2. The molecule has 0 saturated heterocycles. The first-order valence-corrected chi connectivity index (χ1v) is 5.50. The fourth-order valence-electron chi connectivity index (χ4n) is 1.53. The predicted molar refractivity (Wildman–Crippen MR) is 66.8 cm³/mol. The van der Waals surface area contributed by atoms with Crippen molar-refractivity contribution in [2.75, 3.05) is 23.9 Å². The molecule has 0 fully saturated rings. The van der Waals surface area contributed by atoms with Crippen LogP contribution in [0.5, 0.6) is 0 Å². The maximum absolute atomic E-state index is 12.0. The van der Waals surface area contributed by atoms with Crippen molar-refractivity contribution in [2.24, 2.45) is 0 Å². The first kappa shape index (κ1) is 11.4. The number of imidazole rings is 1. The molecule has 0 saturated carbocycles. The molecule has 0 aliphatic heterocycles. The summed E-state index contributed by atoms with van der Waals surface area (Å²) in [5.41, 5.74) is 2.05. The van der Waals surface area contributed by atoms with Gasteiger partial charge in [0.1, 0.15) is 6.67 Å². The molecule has 0 amide bonds. The maximum atomic E-state index is 12.0. The summed E-state index contributed by atoms with van der Waals surface area (Å²) in [7, 11) is 0. The van der Waals surface area contributed by atoms with Gasteiger partial charge in [0.05, 0.1) is 0 Å². The molecule has 0 spiro atoms. The minimum Gasteiger partial charge on any atom is -0.382 e. The first-order chi connectivity index (χ1) is 8.38. The molecule has 0 unspecified atom stereocenters. The third-order valence-corrected chi connectivity index (χ3v) is 2.31. The Balaban J connectivity index is 1.91. The Kier molecular flexibility index (Phi) is 3.96. The third kappa shape index (κ3) is 3.48. The van der Waals surface area contributed by atoms with Gasteiger partial charge in [-0.2, -0.15) is 0 Å². The van der Waals surface area contributed by atoms with Crippen LogP contribution in [-0.4, -0.2) is 23.2 Å². The number of aromatic amines is 1. The zero-order valence-corrected chi connectivity index (χ0v) is 9.41. The second kappa shape index (κ2) is 5.89. The number of H-pyrrole nitrogens is 1. The standard InChI is InChI=1S/C12H15FN4/c13-4-5-14-11-3-1-2-10(8-11)9-17-12-15-6-7-16-12/h1-3,6-8,14H,4-5,9H2,(H2,15,16,17). The molecule has 4 nitrogen and oxygen atoms in total. The van der Waals surface area contributed by atoms with Crippen LogP contribution in [0.1, 0.15) is 5.56 Å². The van der Waals surface area contributed by atoms with E-state index < -0.39 is 0 Å². The molecule has 0 atom stereocenters. The van der Waals surface area contributed by atoms with E-state index in [1.54, 1.807) is 12.4 Å². The van der Waals surface area contributed by atoms with E-state index >= 15 is 0 Å². The highest BCUT2D eigenvalue weighted by molar-refractivity contribution is 5.46. The Morgan fingerprint density at radius 3 is 3.00 bits per heavy atom. The van der Waals surface area contributed by atoms with Crippen LogP contribution in [0.3, 0.4) is 0 Å².